The van der Waals surface area contributed by atoms with Crippen LogP contribution in [0, 0.1) is 0 Å². The van der Waals surface area contributed by atoms with Crippen molar-refractivity contribution < 1.29 is 0 Å². The molecule has 0 aromatic heterocycles. The van der Waals surface area contributed by atoms with Gasteiger partial charge in [0, 0.05) is 22.5 Å². The van der Waals surface area contributed by atoms with Gasteiger partial charge in [-0.1, -0.05) is 166 Å². The van der Waals surface area contributed by atoms with E-state index in [1.165, 1.54) is 72.3 Å². The largest absolute Gasteiger partial charge is 0.310 e. The Morgan fingerprint density at radius 3 is 1.78 bits per heavy atom. The minimum atomic E-state index is -0.445. The lowest BCUT2D eigenvalue weighted by molar-refractivity contribution is 0.660. The summed E-state index contributed by atoms with van der Waals surface area (Å²) in [6.45, 7) is 11.5. The highest BCUT2D eigenvalue weighted by molar-refractivity contribution is 6.00. The number of anilines is 3. The molecule has 1 heteroatoms. The van der Waals surface area contributed by atoms with Gasteiger partial charge in [0.05, 0.1) is 5.41 Å². The van der Waals surface area contributed by atoms with Crippen LogP contribution < -0.4 is 4.90 Å². The van der Waals surface area contributed by atoms with E-state index in [-0.39, 0.29) is 5.41 Å². The molecule has 258 valence electrons. The molecule has 0 bridgehead atoms. The summed E-state index contributed by atoms with van der Waals surface area (Å²) in [4.78, 5) is 2.46. The summed E-state index contributed by atoms with van der Waals surface area (Å²) in [5, 5.41) is 0. The van der Waals surface area contributed by atoms with Gasteiger partial charge in [0.15, 0.2) is 0 Å². The molecule has 10 rings (SSSR count). The van der Waals surface area contributed by atoms with Gasteiger partial charge < -0.3 is 4.90 Å². The van der Waals surface area contributed by atoms with Crippen LogP contribution in [0.3, 0.4) is 0 Å². The Hall–Kier alpha value is -6.44. The molecule has 1 unspecified atom stereocenters. The Labute approximate surface area is 318 Å². The van der Waals surface area contributed by atoms with Crippen molar-refractivity contribution in [1.29, 1.82) is 0 Å². The van der Waals surface area contributed by atoms with Crippen LogP contribution in [0.1, 0.15) is 54.2 Å². The Bertz CT molecular complexity index is 2720. The van der Waals surface area contributed by atoms with E-state index in [1.54, 1.807) is 0 Å². The van der Waals surface area contributed by atoms with Crippen molar-refractivity contribution >= 4 is 22.6 Å². The van der Waals surface area contributed by atoms with Gasteiger partial charge >= 0.3 is 0 Å². The molecular weight excluding hydrogens is 651 g/mol. The SMILES string of the molecule is C=C1/C(=C\C=C/C)C2(c3ccccc31)c1ccccc1-c1cc(N(c3cccc(-c4ccccc4)c3)c3ccc4c(c3)C(C)(C)c3ccccc3-4)ccc12. The Morgan fingerprint density at radius 2 is 1.02 bits per heavy atom. The van der Waals surface area contributed by atoms with Crippen molar-refractivity contribution in [2.24, 2.45) is 0 Å². The summed E-state index contributed by atoms with van der Waals surface area (Å²) in [7, 11) is 0. The molecule has 1 nitrogen and oxygen atoms in total. The molecule has 0 N–H and O–H groups in total. The van der Waals surface area contributed by atoms with E-state index >= 15 is 0 Å². The first-order valence-electron chi connectivity index (χ1n) is 19.0. The highest BCUT2D eigenvalue weighted by atomic mass is 15.1. The third kappa shape index (κ3) is 4.45. The number of rotatable bonds is 5. The van der Waals surface area contributed by atoms with Crippen LogP contribution in [0.2, 0.25) is 0 Å². The number of benzene rings is 7. The van der Waals surface area contributed by atoms with Crippen LogP contribution in [0.15, 0.2) is 194 Å². The molecule has 0 radical (unpaired) electrons. The fraction of sp³-hybridized carbons (Fsp3) is 0.0943. The van der Waals surface area contributed by atoms with Gasteiger partial charge in [-0.25, -0.2) is 0 Å². The number of fused-ring (bicyclic) bond motifs is 10. The summed E-state index contributed by atoms with van der Waals surface area (Å²) < 4.78 is 0. The Kier molecular flexibility index (Phi) is 7.19. The van der Waals surface area contributed by atoms with Crippen molar-refractivity contribution in [3.8, 4) is 33.4 Å². The van der Waals surface area contributed by atoms with E-state index in [1.807, 2.05) is 0 Å². The van der Waals surface area contributed by atoms with Crippen LogP contribution in [0.25, 0.3) is 39.0 Å². The predicted octanol–water partition coefficient (Wildman–Crippen LogP) is 14.0. The molecule has 0 saturated carbocycles. The highest BCUT2D eigenvalue weighted by Gasteiger charge is 2.52. The second-order valence-corrected chi connectivity index (χ2v) is 15.3. The third-order valence-corrected chi connectivity index (χ3v) is 12.2. The maximum Gasteiger partial charge on any atom is 0.0725 e. The molecule has 7 aromatic rings. The second-order valence-electron chi connectivity index (χ2n) is 15.3. The lowest BCUT2D eigenvalue weighted by atomic mass is 9.70. The number of hydrogen-bond donors (Lipinski definition) is 0. The van der Waals surface area contributed by atoms with Crippen molar-refractivity contribution in [3.05, 3.63) is 228 Å². The fourth-order valence-electron chi connectivity index (χ4n) is 9.73. The Balaban J connectivity index is 1.21. The first-order valence-corrected chi connectivity index (χ1v) is 19.0. The number of nitrogens with zero attached hydrogens (tertiary/aromatic N) is 1. The zero-order chi connectivity index (χ0) is 36.6. The molecule has 0 aliphatic heterocycles. The smallest absolute Gasteiger partial charge is 0.0725 e. The maximum atomic E-state index is 4.70. The van der Waals surface area contributed by atoms with E-state index < -0.39 is 5.41 Å². The van der Waals surface area contributed by atoms with Crippen molar-refractivity contribution in [3.63, 3.8) is 0 Å². The zero-order valence-electron chi connectivity index (χ0n) is 31.0. The van der Waals surface area contributed by atoms with Crippen LogP contribution in [0.4, 0.5) is 17.1 Å². The topological polar surface area (TPSA) is 3.24 Å². The van der Waals surface area contributed by atoms with Crippen molar-refractivity contribution in [2.45, 2.75) is 31.6 Å². The van der Waals surface area contributed by atoms with Crippen LogP contribution in [0.5, 0.6) is 0 Å². The lowest BCUT2D eigenvalue weighted by Crippen LogP contribution is -2.26. The standard InChI is InChI=1S/C53H41N/c1-5-6-24-46-35(2)41-21-10-14-26-48(41)53(46)49-27-15-12-23-43(49)45-33-39(29-31-50(45)53)54(38-20-16-19-37(32-38)36-17-8-7-9-18-36)40-28-30-44-42-22-11-13-25-47(42)52(3,4)51(44)34-40/h5-34H,2H2,1,3-4H3/b6-5-,46-24+. The van der Waals surface area contributed by atoms with E-state index in [2.05, 4.69) is 208 Å². The fourth-order valence-corrected chi connectivity index (χ4v) is 9.73. The van der Waals surface area contributed by atoms with Gasteiger partial charge in [-0.2, -0.15) is 0 Å². The summed E-state index contributed by atoms with van der Waals surface area (Å²) in [6, 6.07) is 60.7. The summed E-state index contributed by atoms with van der Waals surface area (Å²) in [6.07, 6.45) is 6.56. The van der Waals surface area contributed by atoms with Crippen LogP contribution in [-0.2, 0) is 10.8 Å². The average Bonchev–Trinajstić information content (AvgIpc) is 3.74. The molecular formula is C53H41N. The second kappa shape index (κ2) is 12.0. The first-order chi connectivity index (χ1) is 26.4. The minimum absolute atomic E-state index is 0.114. The molecule has 1 atom stereocenters. The van der Waals surface area contributed by atoms with E-state index in [0.717, 1.165) is 22.6 Å². The molecule has 54 heavy (non-hydrogen) atoms. The van der Waals surface area contributed by atoms with Crippen molar-refractivity contribution in [2.75, 3.05) is 4.90 Å². The average molecular weight is 692 g/mol. The van der Waals surface area contributed by atoms with Gasteiger partial charge in [0.25, 0.3) is 0 Å². The van der Waals surface area contributed by atoms with E-state index in [4.69, 9.17) is 6.58 Å². The number of allylic oxidation sites excluding steroid dienone is 5. The monoisotopic (exact) mass is 691 g/mol. The Morgan fingerprint density at radius 1 is 0.463 bits per heavy atom. The summed E-state index contributed by atoms with van der Waals surface area (Å²) >= 11 is 0. The van der Waals surface area contributed by atoms with E-state index in [9.17, 15) is 0 Å². The molecule has 0 saturated heterocycles. The quantitative estimate of drug-likeness (QED) is 0.174. The molecule has 0 amide bonds. The third-order valence-electron chi connectivity index (χ3n) is 12.2. The number of hydrogen-bond acceptors (Lipinski definition) is 1. The van der Waals surface area contributed by atoms with Gasteiger partial charge in [-0.05, 0) is 121 Å². The maximum absolute atomic E-state index is 4.70. The van der Waals surface area contributed by atoms with E-state index in [0.29, 0.717) is 0 Å². The summed E-state index contributed by atoms with van der Waals surface area (Å²) in [5.74, 6) is 0. The van der Waals surface area contributed by atoms with Gasteiger partial charge in [-0.3, -0.25) is 0 Å². The van der Waals surface area contributed by atoms with Crippen LogP contribution >= 0.6 is 0 Å². The normalized spacial score (nSPS) is 17.8. The van der Waals surface area contributed by atoms with Gasteiger partial charge in [-0.15, -0.1) is 0 Å². The lowest BCUT2D eigenvalue weighted by Gasteiger charge is -2.32. The van der Waals surface area contributed by atoms with Crippen molar-refractivity contribution in [1.82, 2.24) is 0 Å². The zero-order valence-corrected chi connectivity index (χ0v) is 31.0. The highest BCUT2D eigenvalue weighted by Crippen LogP contribution is 2.64. The van der Waals surface area contributed by atoms with Crippen LogP contribution in [-0.4, -0.2) is 0 Å². The molecule has 7 aromatic carbocycles. The van der Waals surface area contributed by atoms with Gasteiger partial charge in [0.2, 0.25) is 0 Å². The molecule has 3 aliphatic rings. The molecule has 0 heterocycles. The van der Waals surface area contributed by atoms with Gasteiger partial charge in [0.1, 0.15) is 0 Å². The predicted molar refractivity (Wildman–Crippen MR) is 228 cm³/mol. The summed E-state index contributed by atoms with van der Waals surface area (Å²) in [5.41, 5.74) is 20.6. The minimum Gasteiger partial charge on any atom is -0.310 e. The first kappa shape index (κ1) is 32.2. The molecule has 0 fully saturated rings. The molecule has 3 aliphatic carbocycles. The molecule has 1 spiro atoms.